The zero-order valence-electron chi connectivity index (χ0n) is 12.6. The predicted octanol–water partition coefficient (Wildman–Crippen LogP) is 5.04. The summed E-state index contributed by atoms with van der Waals surface area (Å²) in [4.78, 5) is 0. The number of hydrogen-bond donors (Lipinski definition) is 0. The molecule has 3 unspecified atom stereocenters. The highest BCUT2D eigenvalue weighted by Gasteiger charge is 2.42. The highest BCUT2D eigenvalue weighted by molar-refractivity contribution is 4.92. The van der Waals surface area contributed by atoms with Gasteiger partial charge in [-0.3, -0.25) is 0 Å². The average Bonchev–Trinajstić information content (AvgIpc) is 2.29. The molecule has 0 aliphatic heterocycles. The molecule has 0 radical (unpaired) electrons. The van der Waals surface area contributed by atoms with Gasteiger partial charge in [-0.2, -0.15) is 0 Å². The van der Waals surface area contributed by atoms with E-state index in [0.29, 0.717) is 11.5 Å². The first-order chi connectivity index (χ1) is 8.06. The molecule has 0 spiro atoms. The van der Waals surface area contributed by atoms with E-state index in [9.17, 15) is 0 Å². The van der Waals surface area contributed by atoms with Gasteiger partial charge in [0, 0.05) is 6.61 Å². The first kappa shape index (κ1) is 15.0. The van der Waals surface area contributed by atoms with Crippen molar-refractivity contribution in [3.05, 3.63) is 0 Å². The van der Waals surface area contributed by atoms with Crippen molar-refractivity contribution in [2.75, 3.05) is 6.61 Å². The Morgan fingerprint density at radius 3 is 2.41 bits per heavy atom. The van der Waals surface area contributed by atoms with Crippen LogP contribution in [0.2, 0.25) is 0 Å². The van der Waals surface area contributed by atoms with Crippen LogP contribution in [0.1, 0.15) is 73.1 Å². The fourth-order valence-electron chi connectivity index (χ4n) is 3.75. The number of unbranched alkanes of at least 4 members (excludes halogenated alkanes) is 1. The number of hydrogen-bond acceptors (Lipinski definition) is 1. The Morgan fingerprint density at radius 2 is 1.88 bits per heavy atom. The Bertz CT molecular complexity index is 210. The zero-order valence-corrected chi connectivity index (χ0v) is 12.6. The molecule has 1 aliphatic rings. The van der Waals surface area contributed by atoms with Crippen molar-refractivity contribution in [3.8, 4) is 0 Å². The van der Waals surface area contributed by atoms with Crippen molar-refractivity contribution < 1.29 is 4.74 Å². The molecule has 0 aromatic heterocycles. The summed E-state index contributed by atoms with van der Waals surface area (Å²) in [5, 5.41) is 0. The van der Waals surface area contributed by atoms with Crippen LogP contribution in [-0.2, 0) is 4.74 Å². The van der Waals surface area contributed by atoms with E-state index < -0.39 is 0 Å². The maximum Gasteiger partial charge on any atom is 0.0606 e. The maximum absolute atomic E-state index is 5.99. The van der Waals surface area contributed by atoms with Crippen LogP contribution in [0.25, 0.3) is 0 Å². The maximum atomic E-state index is 5.99. The van der Waals surface area contributed by atoms with E-state index in [4.69, 9.17) is 4.74 Å². The summed E-state index contributed by atoms with van der Waals surface area (Å²) in [5.41, 5.74) is 0.517. The van der Waals surface area contributed by atoms with Gasteiger partial charge in [0.15, 0.2) is 0 Å². The highest BCUT2D eigenvalue weighted by atomic mass is 16.5. The molecular formula is C16H32O. The van der Waals surface area contributed by atoms with Gasteiger partial charge in [-0.1, -0.05) is 47.0 Å². The molecule has 0 aromatic carbocycles. The molecule has 0 amide bonds. The van der Waals surface area contributed by atoms with Gasteiger partial charge in [-0.05, 0) is 43.4 Å². The van der Waals surface area contributed by atoms with E-state index in [0.717, 1.165) is 18.4 Å². The van der Waals surface area contributed by atoms with Gasteiger partial charge in [0.05, 0.1) is 6.10 Å². The quantitative estimate of drug-likeness (QED) is 0.631. The van der Waals surface area contributed by atoms with E-state index in [1.165, 1.54) is 38.5 Å². The lowest BCUT2D eigenvalue weighted by Crippen LogP contribution is -2.43. The van der Waals surface area contributed by atoms with Gasteiger partial charge in [-0.15, -0.1) is 0 Å². The van der Waals surface area contributed by atoms with Crippen LogP contribution in [0, 0.1) is 17.3 Å². The molecular weight excluding hydrogens is 208 g/mol. The number of rotatable bonds is 6. The van der Waals surface area contributed by atoms with Crippen molar-refractivity contribution in [1.82, 2.24) is 0 Å². The van der Waals surface area contributed by atoms with Gasteiger partial charge >= 0.3 is 0 Å². The monoisotopic (exact) mass is 240 g/mol. The third-order valence-corrected chi connectivity index (χ3v) is 4.79. The van der Waals surface area contributed by atoms with Crippen molar-refractivity contribution in [1.29, 1.82) is 0 Å². The summed E-state index contributed by atoms with van der Waals surface area (Å²) in [6, 6.07) is 0. The lowest BCUT2D eigenvalue weighted by Gasteiger charge is -2.48. The van der Waals surface area contributed by atoms with Crippen molar-refractivity contribution in [2.24, 2.45) is 17.3 Å². The fraction of sp³-hybridized carbons (Fsp3) is 1.00. The molecule has 1 nitrogen and oxygen atoms in total. The van der Waals surface area contributed by atoms with Crippen LogP contribution < -0.4 is 0 Å². The number of ether oxygens (including phenoxy) is 1. The molecule has 1 rings (SSSR count). The van der Waals surface area contributed by atoms with Crippen LogP contribution in [0.5, 0.6) is 0 Å². The van der Waals surface area contributed by atoms with Gasteiger partial charge < -0.3 is 4.74 Å². The van der Waals surface area contributed by atoms with Gasteiger partial charge in [-0.25, -0.2) is 0 Å². The standard InChI is InChI=1S/C16H32O/c1-6-9-10-14-13(7-2)15(17-8-3)11-12-16(14,4)5/h13-15H,6-12H2,1-5H3. The molecule has 1 aliphatic carbocycles. The molecule has 102 valence electrons. The molecule has 17 heavy (non-hydrogen) atoms. The van der Waals surface area contributed by atoms with Crippen LogP contribution in [0.3, 0.4) is 0 Å². The van der Waals surface area contributed by atoms with Crippen LogP contribution in [0.4, 0.5) is 0 Å². The molecule has 1 heteroatoms. The predicted molar refractivity (Wildman–Crippen MR) is 75.2 cm³/mol. The Labute approximate surface area is 108 Å². The second-order valence-electron chi connectivity index (χ2n) is 6.34. The lowest BCUT2D eigenvalue weighted by molar-refractivity contribution is -0.0754. The van der Waals surface area contributed by atoms with Crippen LogP contribution >= 0.6 is 0 Å². The second-order valence-corrected chi connectivity index (χ2v) is 6.34. The first-order valence-corrected chi connectivity index (χ1v) is 7.68. The topological polar surface area (TPSA) is 9.23 Å². The summed E-state index contributed by atoms with van der Waals surface area (Å²) in [6.07, 6.45) is 8.50. The van der Waals surface area contributed by atoms with Crippen LogP contribution in [-0.4, -0.2) is 12.7 Å². The van der Waals surface area contributed by atoms with Gasteiger partial charge in [0.25, 0.3) is 0 Å². The molecule has 0 heterocycles. The van der Waals surface area contributed by atoms with E-state index in [1.807, 2.05) is 0 Å². The Hall–Kier alpha value is -0.0400. The Kier molecular flexibility index (Phi) is 5.99. The summed E-state index contributed by atoms with van der Waals surface area (Å²) in [6.45, 7) is 12.6. The second kappa shape index (κ2) is 6.78. The summed E-state index contributed by atoms with van der Waals surface area (Å²) in [5.74, 6) is 1.64. The fourth-order valence-corrected chi connectivity index (χ4v) is 3.75. The third-order valence-electron chi connectivity index (χ3n) is 4.79. The van der Waals surface area contributed by atoms with Gasteiger partial charge in [0.1, 0.15) is 0 Å². The van der Waals surface area contributed by atoms with Crippen molar-refractivity contribution in [2.45, 2.75) is 79.2 Å². The largest absolute Gasteiger partial charge is 0.378 e. The van der Waals surface area contributed by atoms with E-state index in [1.54, 1.807) is 0 Å². The minimum absolute atomic E-state index is 0.517. The first-order valence-electron chi connectivity index (χ1n) is 7.68. The molecule has 0 aromatic rings. The summed E-state index contributed by atoms with van der Waals surface area (Å²) < 4.78 is 5.99. The normalized spacial score (nSPS) is 32.6. The Morgan fingerprint density at radius 1 is 1.18 bits per heavy atom. The highest BCUT2D eigenvalue weighted by Crippen LogP contribution is 2.48. The summed E-state index contributed by atoms with van der Waals surface area (Å²) in [7, 11) is 0. The summed E-state index contributed by atoms with van der Waals surface area (Å²) >= 11 is 0. The smallest absolute Gasteiger partial charge is 0.0606 e. The minimum Gasteiger partial charge on any atom is -0.378 e. The van der Waals surface area contributed by atoms with E-state index >= 15 is 0 Å². The third kappa shape index (κ3) is 3.71. The van der Waals surface area contributed by atoms with Crippen molar-refractivity contribution in [3.63, 3.8) is 0 Å². The average molecular weight is 240 g/mol. The van der Waals surface area contributed by atoms with E-state index in [2.05, 4.69) is 34.6 Å². The molecule has 0 bridgehead atoms. The lowest BCUT2D eigenvalue weighted by atomic mass is 9.60. The molecule has 0 saturated heterocycles. The Balaban J connectivity index is 2.74. The van der Waals surface area contributed by atoms with Crippen molar-refractivity contribution >= 4 is 0 Å². The van der Waals surface area contributed by atoms with Crippen LogP contribution in [0.15, 0.2) is 0 Å². The minimum atomic E-state index is 0.517. The molecule has 3 atom stereocenters. The zero-order chi connectivity index (χ0) is 12.9. The van der Waals surface area contributed by atoms with Gasteiger partial charge in [0.2, 0.25) is 0 Å². The molecule has 0 N–H and O–H groups in total. The molecule has 1 fully saturated rings. The van der Waals surface area contributed by atoms with E-state index in [-0.39, 0.29) is 0 Å². The SMILES string of the molecule is CCCCC1C(CC)C(OCC)CCC1(C)C. The molecule has 1 saturated carbocycles.